The molecule has 0 amide bonds. The number of pyridine rings is 2. The molecule has 3 nitrogen and oxygen atoms in total. The van der Waals surface area contributed by atoms with Crippen molar-refractivity contribution in [1.82, 2.24) is 9.97 Å². The summed E-state index contributed by atoms with van der Waals surface area (Å²) in [5, 5.41) is 12.1. The largest absolute Gasteiger partial charge is 0.507 e. The maximum Gasteiger partial charge on any atom is 0.128 e. The Balaban J connectivity index is 0.00000514. The molecule has 1 N–H and O–H groups in total. The van der Waals surface area contributed by atoms with Gasteiger partial charge in [-0.3, -0.25) is 9.97 Å². The van der Waals surface area contributed by atoms with Gasteiger partial charge in [-0.05, 0) is 56.3 Å². The van der Waals surface area contributed by atoms with Crippen LogP contribution >= 0.6 is 0 Å². The zero-order chi connectivity index (χ0) is 38.3. The monoisotopic (exact) mass is 900 g/mol. The van der Waals surface area contributed by atoms with E-state index in [9.17, 15) is 5.11 Å². The van der Waals surface area contributed by atoms with E-state index in [1.807, 2.05) is 30.5 Å². The summed E-state index contributed by atoms with van der Waals surface area (Å²) < 4.78 is 0. The summed E-state index contributed by atoms with van der Waals surface area (Å²) in [5.74, 6) is 0.272. The molecule has 55 heavy (non-hydrogen) atoms. The Labute approximate surface area is 341 Å². The van der Waals surface area contributed by atoms with E-state index >= 15 is 0 Å². The molecule has 280 valence electrons. The molecule has 7 aromatic rings. The van der Waals surface area contributed by atoms with Gasteiger partial charge in [-0.15, -0.1) is 18.2 Å². The predicted octanol–water partition coefficient (Wildman–Crippen LogP) is 13.2. The summed E-state index contributed by atoms with van der Waals surface area (Å²) in [5.41, 5.74) is 12.7. The Hall–Kier alpha value is -5.11. The van der Waals surface area contributed by atoms with Crippen molar-refractivity contribution in [2.75, 3.05) is 0 Å². The van der Waals surface area contributed by atoms with Crippen LogP contribution in [0, 0.1) is 6.07 Å². The van der Waals surface area contributed by atoms with Crippen LogP contribution in [0.5, 0.6) is 5.75 Å². The minimum absolute atomic E-state index is 0. The molecule has 0 aliphatic heterocycles. The number of rotatable bonds is 7. The quantitative estimate of drug-likeness (QED) is 0.162. The smallest absolute Gasteiger partial charge is 0.128 e. The topological polar surface area (TPSA) is 46.0 Å². The maximum atomic E-state index is 12.1. The molecule has 0 atom stereocenters. The van der Waals surface area contributed by atoms with Gasteiger partial charge >= 0.3 is 0 Å². The van der Waals surface area contributed by atoms with Crippen molar-refractivity contribution in [2.24, 2.45) is 0 Å². The van der Waals surface area contributed by atoms with E-state index in [0.717, 1.165) is 72.7 Å². The number of aromatic nitrogens is 2. The number of nitrogens with zero attached hydrogens (tertiary/aromatic N) is 2. The van der Waals surface area contributed by atoms with E-state index in [1.54, 1.807) is 0 Å². The van der Waals surface area contributed by atoms with Crippen LogP contribution in [0.15, 0.2) is 146 Å². The van der Waals surface area contributed by atoms with Crippen LogP contribution in [0.25, 0.3) is 56.0 Å². The Morgan fingerprint density at radius 3 is 1.56 bits per heavy atom. The number of hydrogen-bond acceptors (Lipinski definition) is 3. The molecule has 0 saturated carbocycles. The Kier molecular flexibility index (Phi) is 11.2. The van der Waals surface area contributed by atoms with Gasteiger partial charge in [0.1, 0.15) is 5.75 Å². The van der Waals surface area contributed by atoms with Crippen LogP contribution in [0.4, 0.5) is 0 Å². The van der Waals surface area contributed by atoms with Gasteiger partial charge in [0.05, 0.1) is 5.69 Å². The van der Waals surface area contributed by atoms with Crippen molar-refractivity contribution in [1.29, 1.82) is 0 Å². The summed E-state index contributed by atoms with van der Waals surface area (Å²) >= 11 is 0. The summed E-state index contributed by atoms with van der Waals surface area (Å²) in [6, 6.07) is 52.3. The number of aromatic hydroxyl groups is 1. The third-order valence-electron chi connectivity index (χ3n) is 10.5. The number of benzene rings is 5. The fraction of sp³-hybridized carbons (Fsp3) is 0.216. The standard InChI is InChI=1S/C51H49N2O.Pt/c1-49(2,3)41-29-43(48(54)44(30-41)50(4,5)6)47-32-42(51(7,8)40-22-16-11-17-23-40)31-46(53-47)39-27-37(35-20-14-10-15-21-35)26-38(28-39)45-25-24-36(33-52-45)34-18-12-9-13-19-34;/h9-27,29-33,54H,1-8H3;/q-1;. The van der Waals surface area contributed by atoms with Crippen LogP contribution in [0.1, 0.15) is 77.6 Å². The number of phenolic OH excluding ortho intramolecular Hbond substituents is 1. The van der Waals surface area contributed by atoms with Gasteiger partial charge in [-0.25, -0.2) is 0 Å². The van der Waals surface area contributed by atoms with Crippen molar-refractivity contribution in [3.05, 3.63) is 174 Å². The van der Waals surface area contributed by atoms with Crippen LogP contribution in [0.2, 0.25) is 0 Å². The molecule has 0 aliphatic rings. The van der Waals surface area contributed by atoms with E-state index in [2.05, 4.69) is 177 Å². The minimum Gasteiger partial charge on any atom is -0.507 e. The second kappa shape index (κ2) is 15.6. The molecule has 2 aromatic heterocycles. The van der Waals surface area contributed by atoms with E-state index in [-0.39, 0.29) is 43.1 Å². The molecule has 0 aliphatic carbocycles. The first-order chi connectivity index (χ1) is 25.7. The minimum atomic E-state index is -0.369. The molecule has 0 bridgehead atoms. The van der Waals surface area contributed by atoms with Gasteiger partial charge in [-0.1, -0.05) is 187 Å². The van der Waals surface area contributed by atoms with Gasteiger partial charge in [0.2, 0.25) is 0 Å². The summed E-state index contributed by atoms with van der Waals surface area (Å²) in [6.45, 7) is 17.6. The maximum absolute atomic E-state index is 12.1. The molecule has 4 heteroatoms. The van der Waals surface area contributed by atoms with Gasteiger partial charge in [0, 0.05) is 55.2 Å². The molecule has 5 aromatic carbocycles. The molecule has 0 unspecified atom stereocenters. The second-order valence-electron chi connectivity index (χ2n) is 16.9. The number of phenols is 1. The normalized spacial score (nSPS) is 11.9. The zero-order valence-corrected chi connectivity index (χ0v) is 35.3. The molecule has 0 fully saturated rings. The first-order valence-electron chi connectivity index (χ1n) is 18.8. The third kappa shape index (κ3) is 8.43. The first-order valence-corrected chi connectivity index (χ1v) is 18.8. The van der Waals surface area contributed by atoms with Crippen molar-refractivity contribution < 1.29 is 26.2 Å². The van der Waals surface area contributed by atoms with Crippen molar-refractivity contribution in [2.45, 2.75) is 71.6 Å². The van der Waals surface area contributed by atoms with Crippen molar-refractivity contribution in [3.8, 4) is 61.8 Å². The second-order valence-corrected chi connectivity index (χ2v) is 16.9. The fourth-order valence-electron chi connectivity index (χ4n) is 7.02. The van der Waals surface area contributed by atoms with Crippen LogP contribution in [-0.4, -0.2) is 15.1 Å². The van der Waals surface area contributed by atoms with Crippen LogP contribution in [0.3, 0.4) is 0 Å². The molecule has 0 saturated heterocycles. The molecule has 7 rings (SSSR count). The van der Waals surface area contributed by atoms with Gasteiger partial charge < -0.3 is 5.11 Å². The Bertz CT molecular complexity index is 2410. The number of hydrogen-bond donors (Lipinski definition) is 1. The molecule has 0 spiro atoms. The van der Waals surface area contributed by atoms with Crippen molar-refractivity contribution in [3.63, 3.8) is 0 Å². The average Bonchev–Trinajstić information content (AvgIpc) is 3.18. The molecule has 0 radical (unpaired) electrons. The van der Waals surface area contributed by atoms with E-state index in [4.69, 9.17) is 9.97 Å². The van der Waals surface area contributed by atoms with Crippen molar-refractivity contribution >= 4 is 0 Å². The fourth-order valence-corrected chi connectivity index (χ4v) is 7.02. The molecular formula is C51H49N2OPt-. The van der Waals surface area contributed by atoms with E-state index in [1.165, 1.54) is 5.56 Å². The van der Waals surface area contributed by atoms with Crippen LogP contribution in [-0.2, 0) is 37.3 Å². The van der Waals surface area contributed by atoms with E-state index < -0.39 is 0 Å². The molecular weight excluding hydrogens is 852 g/mol. The zero-order valence-electron chi connectivity index (χ0n) is 33.0. The summed E-state index contributed by atoms with van der Waals surface area (Å²) in [4.78, 5) is 10.3. The first kappa shape index (κ1) is 39.6. The SMILES string of the molecule is CC(C)(C)c1cc(-c2cc(C(C)(C)c3ccccc3)cc(-c3[c-]c(-c4ccc(-c5ccccc5)cn4)cc(-c4ccccc4)c3)n2)c(O)c(C(C)(C)C)c1.[Pt]. The van der Waals surface area contributed by atoms with Crippen LogP contribution < -0.4 is 0 Å². The Morgan fingerprint density at radius 1 is 0.473 bits per heavy atom. The van der Waals surface area contributed by atoms with E-state index in [0.29, 0.717) is 0 Å². The summed E-state index contributed by atoms with van der Waals surface area (Å²) in [6.07, 6.45) is 1.94. The molecule has 2 heterocycles. The third-order valence-corrected chi connectivity index (χ3v) is 10.5. The average molecular weight is 901 g/mol. The Morgan fingerprint density at radius 2 is 1.02 bits per heavy atom. The predicted molar refractivity (Wildman–Crippen MR) is 226 cm³/mol. The van der Waals surface area contributed by atoms with Gasteiger partial charge in [-0.2, -0.15) is 0 Å². The van der Waals surface area contributed by atoms with Gasteiger partial charge in [0.15, 0.2) is 0 Å². The van der Waals surface area contributed by atoms with Gasteiger partial charge in [0.25, 0.3) is 0 Å². The summed E-state index contributed by atoms with van der Waals surface area (Å²) in [7, 11) is 0.